The predicted octanol–water partition coefficient (Wildman–Crippen LogP) is 2.98. The minimum absolute atomic E-state index is 0. The maximum atomic E-state index is 3.62. The van der Waals surface area contributed by atoms with Gasteiger partial charge in [-0.25, -0.2) is 0 Å². The van der Waals surface area contributed by atoms with Gasteiger partial charge in [0.2, 0.25) is 0 Å². The number of halogens is 1. The summed E-state index contributed by atoms with van der Waals surface area (Å²) < 4.78 is 0. The summed E-state index contributed by atoms with van der Waals surface area (Å²) in [5.41, 5.74) is 2.67. The maximum Gasteiger partial charge on any atom is 0.304 e. The summed E-state index contributed by atoms with van der Waals surface area (Å²) in [7, 11) is 0. The third-order valence-electron chi connectivity index (χ3n) is 5.13. The van der Waals surface area contributed by atoms with E-state index in [1.165, 1.54) is 99.1 Å². The van der Waals surface area contributed by atoms with Crippen LogP contribution in [0.1, 0.15) is 102 Å². The lowest BCUT2D eigenvalue weighted by atomic mass is 10.1. The summed E-state index contributed by atoms with van der Waals surface area (Å²) >= 11 is 1.97. The quantitative estimate of drug-likeness (QED) is 0.214. The van der Waals surface area contributed by atoms with Crippen LogP contribution in [0.2, 0.25) is 0 Å². The number of amidine groups is 1. The Kier molecular flexibility index (Phi) is 20.4. The number of thioether (sulfide) groups is 1. The monoisotopic (exact) mass is 484 g/mol. The standard InChI is InChI=1S/C25H44N2S.BrH/c1-4-6-8-9-10-11-12-13-14-15-21-28-25(26-20-7-5-2)27-22-24-18-16-23(3)17-19-24;/h16-19H,4-15,20-22H2,1-3H3,(H,26,27);1H. The van der Waals surface area contributed by atoms with Crippen LogP contribution in [0.4, 0.5) is 0 Å². The molecule has 0 aromatic heterocycles. The van der Waals surface area contributed by atoms with Crippen molar-refractivity contribution in [3.8, 4) is 0 Å². The predicted molar refractivity (Wildman–Crippen MR) is 128 cm³/mol. The zero-order valence-corrected chi connectivity index (χ0v) is 21.6. The van der Waals surface area contributed by atoms with E-state index in [0.29, 0.717) is 0 Å². The summed E-state index contributed by atoms with van der Waals surface area (Å²) in [6.07, 6.45) is 16.5. The van der Waals surface area contributed by atoms with Crippen LogP contribution in [0.15, 0.2) is 24.3 Å². The topological polar surface area (TPSA) is 26.0 Å². The van der Waals surface area contributed by atoms with Crippen LogP contribution in [0, 0.1) is 6.92 Å². The molecule has 2 N–H and O–H groups in total. The van der Waals surface area contributed by atoms with E-state index >= 15 is 0 Å². The Morgan fingerprint density at radius 3 is 1.93 bits per heavy atom. The molecule has 0 aliphatic heterocycles. The summed E-state index contributed by atoms with van der Waals surface area (Å²) in [4.78, 5) is 3.62. The van der Waals surface area contributed by atoms with Gasteiger partial charge in [-0.1, -0.05) is 108 Å². The van der Waals surface area contributed by atoms with Gasteiger partial charge in [-0.15, -0.1) is 0 Å². The van der Waals surface area contributed by atoms with Gasteiger partial charge in [0, 0.05) is 5.75 Å². The molecule has 168 valence electrons. The fraction of sp³-hybridized carbons (Fsp3) is 0.720. The zero-order chi connectivity index (χ0) is 20.3. The van der Waals surface area contributed by atoms with Crippen LogP contribution in [-0.4, -0.2) is 17.5 Å². The second-order valence-electron chi connectivity index (χ2n) is 7.98. The van der Waals surface area contributed by atoms with Gasteiger partial charge in [0.25, 0.3) is 0 Å². The smallest absolute Gasteiger partial charge is 0.304 e. The van der Waals surface area contributed by atoms with Crippen LogP contribution in [0.3, 0.4) is 0 Å². The highest BCUT2D eigenvalue weighted by atomic mass is 79.9. The number of nitrogens with one attached hydrogen (secondary N) is 2. The van der Waals surface area contributed by atoms with E-state index in [1.807, 2.05) is 11.8 Å². The minimum Gasteiger partial charge on any atom is -1.00 e. The highest BCUT2D eigenvalue weighted by Crippen LogP contribution is 2.12. The van der Waals surface area contributed by atoms with Gasteiger partial charge in [-0.05, 0) is 37.1 Å². The molecule has 0 bridgehead atoms. The second kappa shape index (κ2) is 20.8. The first-order chi connectivity index (χ1) is 13.8. The molecule has 4 heteroatoms. The zero-order valence-electron chi connectivity index (χ0n) is 19.2. The van der Waals surface area contributed by atoms with E-state index in [1.54, 1.807) is 0 Å². The lowest BCUT2D eigenvalue weighted by molar-refractivity contribution is -0.474. The highest BCUT2D eigenvalue weighted by Gasteiger charge is 2.07. The molecular weight excluding hydrogens is 440 g/mol. The normalized spacial score (nSPS) is 11.3. The molecule has 1 aromatic carbocycles. The van der Waals surface area contributed by atoms with Gasteiger partial charge < -0.3 is 17.0 Å². The molecule has 0 saturated heterocycles. The first-order valence-corrected chi connectivity index (χ1v) is 12.8. The van der Waals surface area contributed by atoms with Crippen molar-refractivity contribution in [1.29, 1.82) is 0 Å². The number of hydrogen-bond donors (Lipinski definition) is 2. The van der Waals surface area contributed by atoms with Gasteiger partial charge >= 0.3 is 5.17 Å². The van der Waals surface area contributed by atoms with Crippen molar-refractivity contribution in [2.24, 2.45) is 0 Å². The van der Waals surface area contributed by atoms with Crippen LogP contribution in [-0.2, 0) is 6.54 Å². The van der Waals surface area contributed by atoms with Crippen molar-refractivity contribution in [1.82, 2.24) is 5.32 Å². The van der Waals surface area contributed by atoms with Crippen LogP contribution < -0.4 is 27.3 Å². The summed E-state index contributed by atoms with van der Waals surface area (Å²) in [6, 6.07) is 8.83. The van der Waals surface area contributed by atoms with Crippen molar-refractivity contribution in [3.05, 3.63) is 35.4 Å². The van der Waals surface area contributed by atoms with E-state index in [2.05, 4.69) is 55.3 Å². The average Bonchev–Trinajstić information content (AvgIpc) is 2.71. The van der Waals surface area contributed by atoms with Crippen LogP contribution in [0.5, 0.6) is 0 Å². The molecule has 0 amide bonds. The molecule has 0 unspecified atom stereocenters. The Labute approximate surface area is 195 Å². The molecule has 0 aliphatic carbocycles. The number of unbranched alkanes of at least 4 members (excludes halogenated alkanes) is 10. The lowest BCUT2D eigenvalue weighted by Crippen LogP contribution is -3.00. The average molecular weight is 486 g/mol. The molecule has 0 heterocycles. The molecule has 0 radical (unpaired) electrons. The Morgan fingerprint density at radius 2 is 1.34 bits per heavy atom. The molecule has 29 heavy (non-hydrogen) atoms. The minimum atomic E-state index is 0. The van der Waals surface area contributed by atoms with Gasteiger partial charge in [0.15, 0.2) is 0 Å². The van der Waals surface area contributed by atoms with E-state index < -0.39 is 0 Å². The summed E-state index contributed by atoms with van der Waals surface area (Å²) in [5, 5.41) is 4.86. The Morgan fingerprint density at radius 1 is 0.793 bits per heavy atom. The molecule has 0 aliphatic rings. The van der Waals surface area contributed by atoms with Crippen LogP contribution in [0.25, 0.3) is 0 Å². The number of rotatable bonds is 16. The summed E-state index contributed by atoms with van der Waals surface area (Å²) in [5.74, 6) is 1.21. The molecule has 0 atom stereocenters. The number of benzene rings is 1. The molecule has 0 saturated carbocycles. The van der Waals surface area contributed by atoms with Gasteiger partial charge in [0.1, 0.15) is 6.54 Å². The largest absolute Gasteiger partial charge is 1.00 e. The van der Waals surface area contributed by atoms with Crippen molar-refractivity contribution in [2.75, 3.05) is 12.3 Å². The van der Waals surface area contributed by atoms with Crippen molar-refractivity contribution in [3.63, 3.8) is 0 Å². The summed E-state index contributed by atoms with van der Waals surface area (Å²) in [6.45, 7) is 8.65. The van der Waals surface area contributed by atoms with E-state index in [-0.39, 0.29) is 17.0 Å². The van der Waals surface area contributed by atoms with Crippen molar-refractivity contribution < 1.29 is 22.0 Å². The first-order valence-electron chi connectivity index (χ1n) is 11.8. The van der Waals surface area contributed by atoms with E-state index in [9.17, 15) is 0 Å². The molecule has 1 rings (SSSR count). The van der Waals surface area contributed by atoms with Crippen LogP contribution >= 0.6 is 11.8 Å². The Hall–Kier alpha value is -0.480. The fourth-order valence-electron chi connectivity index (χ4n) is 3.20. The highest BCUT2D eigenvalue weighted by molar-refractivity contribution is 8.13. The van der Waals surface area contributed by atoms with E-state index in [4.69, 9.17) is 0 Å². The number of hydrogen-bond acceptors (Lipinski definition) is 1. The molecular formula is C25H45BrN2S. The Bertz CT molecular complexity index is 502. The third kappa shape index (κ3) is 16.9. The van der Waals surface area contributed by atoms with Gasteiger partial charge in [-0.3, -0.25) is 10.3 Å². The second-order valence-corrected chi connectivity index (χ2v) is 9.08. The number of aryl methyl sites for hydroxylation is 1. The van der Waals surface area contributed by atoms with Gasteiger partial charge in [-0.2, -0.15) is 0 Å². The van der Waals surface area contributed by atoms with Crippen molar-refractivity contribution >= 4 is 16.9 Å². The molecule has 1 aromatic rings. The SMILES string of the molecule is CCCCCCCCCCCCSC(NCCCC)=[NH+]Cc1ccc(C)cc1.[Br-]. The molecule has 2 nitrogen and oxygen atoms in total. The Balaban J connectivity index is 0.00000784. The third-order valence-corrected chi connectivity index (χ3v) is 6.20. The van der Waals surface area contributed by atoms with Crippen molar-refractivity contribution in [2.45, 2.75) is 104 Å². The molecule has 0 spiro atoms. The first kappa shape index (κ1) is 28.5. The molecule has 0 fully saturated rings. The lowest BCUT2D eigenvalue weighted by Gasteiger charge is -2.05. The maximum absolute atomic E-state index is 3.62. The van der Waals surface area contributed by atoms with E-state index in [0.717, 1.165) is 13.1 Å². The fourth-order valence-corrected chi connectivity index (χ4v) is 4.13. The van der Waals surface area contributed by atoms with Gasteiger partial charge in [0.05, 0.1) is 6.54 Å².